The molecule has 1 aromatic rings. The first-order valence-corrected chi connectivity index (χ1v) is 6.51. The highest BCUT2D eigenvalue weighted by Crippen LogP contribution is 2.23. The van der Waals surface area contributed by atoms with Crippen molar-refractivity contribution in [2.45, 2.75) is 13.5 Å². The van der Waals surface area contributed by atoms with E-state index < -0.39 is 0 Å². The van der Waals surface area contributed by atoms with Gasteiger partial charge < -0.3 is 10.1 Å². The fourth-order valence-corrected chi connectivity index (χ4v) is 2.25. The Morgan fingerprint density at radius 3 is 2.76 bits per heavy atom. The van der Waals surface area contributed by atoms with Crippen molar-refractivity contribution < 1.29 is 4.74 Å². The molecule has 1 N–H and O–H groups in total. The summed E-state index contributed by atoms with van der Waals surface area (Å²) in [5.41, 5.74) is 1.18. The lowest BCUT2D eigenvalue weighted by Gasteiger charge is -2.27. The second kappa shape index (κ2) is 6.24. The summed E-state index contributed by atoms with van der Waals surface area (Å²) in [6.45, 7) is 7.87. The third kappa shape index (κ3) is 3.60. The lowest BCUT2D eigenvalue weighted by molar-refractivity contribution is 0.233. The molecular formula is C13H19ClN2O. The molecule has 1 aliphatic rings. The molecule has 0 bridgehead atoms. The Balaban J connectivity index is 2.00. The van der Waals surface area contributed by atoms with E-state index in [2.05, 4.69) is 16.3 Å². The molecule has 1 heterocycles. The molecule has 1 saturated heterocycles. The Hall–Kier alpha value is -0.770. The van der Waals surface area contributed by atoms with Gasteiger partial charge in [0.1, 0.15) is 5.75 Å². The average Bonchev–Trinajstić information content (AvgIpc) is 2.34. The molecule has 0 atom stereocenters. The van der Waals surface area contributed by atoms with E-state index in [1.807, 2.05) is 19.1 Å². The quantitative estimate of drug-likeness (QED) is 0.891. The van der Waals surface area contributed by atoms with E-state index >= 15 is 0 Å². The van der Waals surface area contributed by atoms with Crippen LogP contribution in [0.3, 0.4) is 0 Å². The number of nitrogens with one attached hydrogen (secondary N) is 1. The lowest BCUT2D eigenvalue weighted by atomic mass is 10.2. The highest BCUT2D eigenvalue weighted by Gasteiger charge is 2.11. The third-order valence-electron chi connectivity index (χ3n) is 2.94. The van der Waals surface area contributed by atoms with E-state index in [4.69, 9.17) is 16.3 Å². The smallest absolute Gasteiger partial charge is 0.120 e. The summed E-state index contributed by atoms with van der Waals surface area (Å²) in [6.07, 6.45) is 0. The van der Waals surface area contributed by atoms with Gasteiger partial charge in [-0.25, -0.2) is 0 Å². The van der Waals surface area contributed by atoms with E-state index in [-0.39, 0.29) is 0 Å². The zero-order valence-corrected chi connectivity index (χ0v) is 11.0. The van der Waals surface area contributed by atoms with E-state index in [1.165, 1.54) is 5.56 Å². The zero-order valence-electron chi connectivity index (χ0n) is 10.2. The van der Waals surface area contributed by atoms with Gasteiger partial charge in [0.05, 0.1) is 6.61 Å². The lowest BCUT2D eigenvalue weighted by Crippen LogP contribution is -2.42. The highest BCUT2D eigenvalue weighted by atomic mass is 35.5. The molecular weight excluding hydrogens is 236 g/mol. The van der Waals surface area contributed by atoms with Crippen LogP contribution in [0.25, 0.3) is 0 Å². The van der Waals surface area contributed by atoms with Crippen LogP contribution in [-0.2, 0) is 6.54 Å². The molecule has 17 heavy (non-hydrogen) atoms. The second-order valence-electron chi connectivity index (χ2n) is 4.21. The van der Waals surface area contributed by atoms with Crippen LogP contribution in [0.4, 0.5) is 0 Å². The number of benzene rings is 1. The van der Waals surface area contributed by atoms with Crippen LogP contribution in [0.1, 0.15) is 12.5 Å². The maximum atomic E-state index is 6.26. The summed E-state index contributed by atoms with van der Waals surface area (Å²) < 4.78 is 5.42. The number of hydrogen-bond donors (Lipinski definition) is 1. The van der Waals surface area contributed by atoms with Crippen molar-refractivity contribution in [3.05, 3.63) is 28.8 Å². The van der Waals surface area contributed by atoms with Gasteiger partial charge in [-0.3, -0.25) is 4.90 Å². The first-order valence-electron chi connectivity index (χ1n) is 6.14. The average molecular weight is 255 g/mol. The Kier molecular flexibility index (Phi) is 4.66. The molecule has 0 radical (unpaired) electrons. The maximum absolute atomic E-state index is 6.26. The van der Waals surface area contributed by atoms with Crippen molar-refractivity contribution in [1.29, 1.82) is 0 Å². The van der Waals surface area contributed by atoms with Crippen LogP contribution in [0, 0.1) is 0 Å². The third-order valence-corrected chi connectivity index (χ3v) is 3.29. The standard InChI is InChI=1S/C13H19ClN2O/c1-2-17-12-4-3-11(13(14)9-12)10-16-7-5-15-6-8-16/h3-4,9,15H,2,5-8,10H2,1H3. The van der Waals surface area contributed by atoms with Gasteiger partial charge in [0.15, 0.2) is 0 Å². The topological polar surface area (TPSA) is 24.5 Å². The molecule has 94 valence electrons. The van der Waals surface area contributed by atoms with E-state index in [0.29, 0.717) is 6.61 Å². The summed E-state index contributed by atoms with van der Waals surface area (Å²) in [4.78, 5) is 2.41. The Bertz CT molecular complexity index is 364. The number of nitrogens with zero attached hydrogens (tertiary/aromatic N) is 1. The minimum atomic E-state index is 0.674. The van der Waals surface area contributed by atoms with Crippen molar-refractivity contribution in [3.8, 4) is 5.75 Å². The van der Waals surface area contributed by atoms with Crippen LogP contribution in [0.15, 0.2) is 18.2 Å². The minimum Gasteiger partial charge on any atom is -0.494 e. The van der Waals surface area contributed by atoms with Gasteiger partial charge in [0.25, 0.3) is 0 Å². The van der Waals surface area contributed by atoms with Crippen molar-refractivity contribution >= 4 is 11.6 Å². The molecule has 2 rings (SSSR count). The van der Waals surface area contributed by atoms with Gasteiger partial charge in [-0.1, -0.05) is 17.7 Å². The minimum absolute atomic E-state index is 0.674. The molecule has 3 nitrogen and oxygen atoms in total. The fraction of sp³-hybridized carbons (Fsp3) is 0.538. The zero-order chi connectivity index (χ0) is 12.1. The Morgan fingerprint density at radius 1 is 1.35 bits per heavy atom. The van der Waals surface area contributed by atoms with Gasteiger partial charge in [-0.05, 0) is 24.6 Å². The van der Waals surface area contributed by atoms with Crippen LogP contribution in [0.2, 0.25) is 5.02 Å². The van der Waals surface area contributed by atoms with E-state index in [9.17, 15) is 0 Å². The summed E-state index contributed by atoms with van der Waals surface area (Å²) >= 11 is 6.26. The van der Waals surface area contributed by atoms with Crippen molar-refractivity contribution in [1.82, 2.24) is 10.2 Å². The van der Waals surface area contributed by atoms with Gasteiger partial charge >= 0.3 is 0 Å². The molecule has 0 saturated carbocycles. The van der Waals surface area contributed by atoms with Crippen LogP contribution < -0.4 is 10.1 Å². The normalized spacial score (nSPS) is 17.1. The molecule has 1 fully saturated rings. The van der Waals surface area contributed by atoms with Crippen LogP contribution in [-0.4, -0.2) is 37.7 Å². The van der Waals surface area contributed by atoms with Gasteiger partial charge in [0.2, 0.25) is 0 Å². The predicted octanol–water partition coefficient (Wildman–Crippen LogP) is 2.14. The first-order chi connectivity index (χ1) is 8.29. The fourth-order valence-electron chi connectivity index (χ4n) is 2.02. The summed E-state index contributed by atoms with van der Waals surface area (Å²) in [6, 6.07) is 5.96. The number of ether oxygens (including phenoxy) is 1. The number of hydrogen-bond acceptors (Lipinski definition) is 3. The molecule has 0 unspecified atom stereocenters. The Labute approximate surface area is 108 Å². The Morgan fingerprint density at radius 2 is 2.12 bits per heavy atom. The second-order valence-corrected chi connectivity index (χ2v) is 4.62. The van der Waals surface area contributed by atoms with Gasteiger partial charge in [-0.15, -0.1) is 0 Å². The van der Waals surface area contributed by atoms with Crippen LogP contribution >= 0.6 is 11.6 Å². The summed E-state index contributed by atoms with van der Waals surface area (Å²) in [7, 11) is 0. The maximum Gasteiger partial charge on any atom is 0.120 e. The molecule has 0 aromatic heterocycles. The van der Waals surface area contributed by atoms with Gasteiger partial charge in [-0.2, -0.15) is 0 Å². The number of rotatable bonds is 4. The molecule has 1 aliphatic heterocycles. The SMILES string of the molecule is CCOc1ccc(CN2CCNCC2)c(Cl)c1. The molecule has 1 aromatic carbocycles. The van der Waals surface area contributed by atoms with E-state index in [0.717, 1.165) is 43.5 Å². The largest absolute Gasteiger partial charge is 0.494 e. The van der Waals surface area contributed by atoms with E-state index in [1.54, 1.807) is 0 Å². The molecule has 4 heteroatoms. The first kappa shape index (κ1) is 12.7. The molecule has 0 aliphatic carbocycles. The molecule has 0 spiro atoms. The molecule has 0 amide bonds. The van der Waals surface area contributed by atoms with Crippen molar-refractivity contribution in [2.24, 2.45) is 0 Å². The predicted molar refractivity (Wildman–Crippen MR) is 70.8 cm³/mol. The summed E-state index contributed by atoms with van der Waals surface area (Å²) in [5, 5.41) is 4.15. The highest BCUT2D eigenvalue weighted by molar-refractivity contribution is 6.31. The number of piperazine rings is 1. The summed E-state index contributed by atoms with van der Waals surface area (Å²) in [5.74, 6) is 0.849. The van der Waals surface area contributed by atoms with Gasteiger partial charge in [0, 0.05) is 37.7 Å². The number of halogens is 1. The van der Waals surface area contributed by atoms with Crippen LogP contribution in [0.5, 0.6) is 5.75 Å². The van der Waals surface area contributed by atoms with Crippen molar-refractivity contribution in [3.63, 3.8) is 0 Å². The monoisotopic (exact) mass is 254 g/mol. The van der Waals surface area contributed by atoms with Crippen molar-refractivity contribution in [2.75, 3.05) is 32.8 Å².